The van der Waals surface area contributed by atoms with Gasteiger partial charge in [0.2, 0.25) is 5.95 Å². The van der Waals surface area contributed by atoms with E-state index in [-0.39, 0.29) is 12.0 Å². The molecule has 1 aliphatic heterocycles. The minimum Gasteiger partial charge on any atom is -0.463 e. The number of nitrogens with zero attached hydrogens (tertiary/aromatic N) is 2. The van der Waals surface area contributed by atoms with Crippen molar-refractivity contribution in [2.24, 2.45) is 0 Å². The van der Waals surface area contributed by atoms with Gasteiger partial charge in [0.15, 0.2) is 0 Å². The fourth-order valence-corrected chi connectivity index (χ4v) is 3.62. The van der Waals surface area contributed by atoms with Crippen molar-refractivity contribution in [1.29, 1.82) is 0 Å². The zero-order chi connectivity index (χ0) is 18.3. The average Bonchev–Trinajstić information content (AvgIpc) is 2.99. The molecule has 0 bridgehead atoms. The number of benzene rings is 2. The Kier molecular flexibility index (Phi) is 3.99. The van der Waals surface area contributed by atoms with Gasteiger partial charge < -0.3 is 10.1 Å². The zero-order valence-electron chi connectivity index (χ0n) is 15.1. The molecule has 1 atom stereocenters. The van der Waals surface area contributed by atoms with Crippen molar-refractivity contribution in [2.45, 2.75) is 26.8 Å². The van der Waals surface area contributed by atoms with Gasteiger partial charge in [-0.3, -0.25) is 4.57 Å². The van der Waals surface area contributed by atoms with Crippen LogP contribution in [0.3, 0.4) is 0 Å². The van der Waals surface area contributed by atoms with E-state index in [1.54, 1.807) is 0 Å². The van der Waals surface area contributed by atoms with Gasteiger partial charge in [-0.15, -0.1) is 0 Å². The second-order valence-electron chi connectivity index (χ2n) is 6.44. The van der Waals surface area contributed by atoms with E-state index in [4.69, 9.17) is 9.72 Å². The van der Waals surface area contributed by atoms with Crippen LogP contribution in [0.15, 0.2) is 59.8 Å². The Morgan fingerprint density at radius 1 is 1.15 bits per heavy atom. The van der Waals surface area contributed by atoms with Gasteiger partial charge in [0.05, 0.1) is 29.3 Å². The van der Waals surface area contributed by atoms with E-state index in [9.17, 15) is 4.79 Å². The Hall–Kier alpha value is -3.08. The standard InChI is InChI=1S/C21H21N3O2/c1-4-26-20(25)18-14(3)22-21-23-16-11-7-8-12-17(16)24(21)19(18)15-10-6-5-9-13(15)2/h5-12,19H,4H2,1-3H3,(H,22,23)/t19-/m0/s1. The summed E-state index contributed by atoms with van der Waals surface area (Å²) in [6.07, 6.45) is 0. The molecule has 0 fully saturated rings. The third kappa shape index (κ3) is 2.47. The number of ether oxygens (including phenoxy) is 1. The molecular formula is C21H21N3O2. The van der Waals surface area contributed by atoms with Crippen LogP contribution in [0.25, 0.3) is 11.0 Å². The second-order valence-corrected chi connectivity index (χ2v) is 6.44. The quantitative estimate of drug-likeness (QED) is 0.722. The molecule has 132 valence electrons. The number of esters is 1. The molecule has 2 aromatic carbocycles. The fourth-order valence-electron chi connectivity index (χ4n) is 3.62. The van der Waals surface area contributed by atoms with Crippen LogP contribution >= 0.6 is 0 Å². The van der Waals surface area contributed by atoms with Crippen LogP contribution in [0, 0.1) is 6.92 Å². The summed E-state index contributed by atoms with van der Waals surface area (Å²) < 4.78 is 7.47. The van der Waals surface area contributed by atoms with Gasteiger partial charge in [-0.25, -0.2) is 9.78 Å². The maximum absolute atomic E-state index is 12.8. The molecule has 3 aromatic rings. The first kappa shape index (κ1) is 16.4. The first-order valence-corrected chi connectivity index (χ1v) is 8.79. The molecule has 0 spiro atoms. The van der Waals surface area contributed by atoms with Crippen LogP contribution in [0.1, 0.15) is 31.0 Å². The summed E-state index contributed by atoms with van der Waals surface area (Å²) >= 11 is 0. The number of hydrogen-bond donors (Lipinski definition) is 1. The van der Waals surface area contributed by atoms with Crippen molar-refractivity contribution in [2.75, 3.05) is 11.9 Å². The van der Waals surface area contributed by atoms with Gasteiger partial charge >= 0.3 is 5.97 Å². The number of aryl methyl sites for hydroxylation is 1. The van der Waals surface area contributed by atoms with Gasteiger partial charge in [-0.2, -0.15) is 0 Å². The lowest BCUT2D eigenvalue weighted by atomic mass is 9.92. The zero-order valence-corrected chi connectivity index (χ0v) is 15.1. The average molecular weight is 347 g/mol. The van der Waals surface area contributed by atoms with Crippen LogP contribution in [-0.4, -0.2) is 22.1 Å². The molecule has 0 saturated heterocycles. The third-order valence-electron chi connectivity index (χ3n) is 4.81. The molecule has 26 heavy (non-hydrogen) atoms. The Labute approximate surface area is 152 Å². The lowest BCUT2D eigenvalue weighted by molar-refractivity contribution is -0.139. The molecule has 1 N–H and O–H groups in total. The number of anilines is 1. The van der Waals surface area contributed by atoms with E-state index >= 15 is 0 Å². The van der Waals surface area contributed by atoms with E-state index in [0.717, 1.165) is 33.8 Å². The van der Waals surface area contributed by atoms with E-state index in [1.807, 2.05) is 50.2 Å². The lowest BCUT2D eigenvalue weighted by Crippen LogP contribution is -2.29. The van der Waals surface area contributed by atoms with E-state index in [1.165, 1.54) is 0 Å². The molecule has 0 radical (unpaired) electrons. The number of para-hydroxylation sites is 2. The maximum atomic E-state index is 12.8. The first-order valence-electron chi connectivity index (χ1n) is 8.79. The van der Waals surface area contributed by atoms with Crippen molar-refractivity contribution in [3.05, 3.63) is 70.9 Å². The minimum absolute atomic E-state index is 0.279. The number of nitrogens with one attached hydrogen (secondary N) is 1. The predicted molar refractivity (Wildman–Crippen MR) is 102 cm³/mol. The topological polar surface area (TPSA) is 56.1 Å². The molecule has 0 unspecified atom stereocenters. The van der Waals surface area contributed by atoms with Crippen LogP contribution in [0.5, 0.6) is 0 Å². The predicted octanol–water partition coefficient (Wildman–Crippen LogP) is 4.20. The second kappa shape index (κ2) is 6.33. The summed E-state index contributed by atoms with van der Waals surface area (Å²) in [5.74, 6) is 0.444. The number of imidazole rings is 1. The van der Waals surface area contributed by atoms with Crippen LogP contribution < -0.4 is 5.32 Å². The highest BCUT2D eigenvalue weighted by molar-refractivity contribution is 5.94. The van der Waals surface area contributed by atoms with E-state index in [2.05, 4.69) is 28.9 Å². The van der Waals surface area contributed by atoms with Gasteiger partial charge in [0.1, 0.15) is 0 Å². The summed E-state index contributed by atoms with van der Waals surface area (Å²) in [5.41, 5.74) is 5.47. The Morgan fingerprint density at radius 2 is 1.88 bits per heavy atom. The van der Waals surface area contributed by atoms with Crippen molar-refractivity contribution >= 4 is 23.0 Å². The highest BCUT2D eigenvalue weighted by atomic mass is 16.5. The number of carbonyl (C=O) groups excluding carboxylic acids is 1. The summed E-state index contributed by atoms with van der Waals surface area (Å²) in [6, 6.07) is 15.8. The largest absolute Gasteiger partial charge is 0.463 e. The molecule has 5 nitrogen and oxygen atoms in total. The molecule has 1 aromatic heterocycles. The number of carbonyl (C=O) groups is 1. The SMILES string of the molecule is CCOC(=O)C1=C(C)Nc2nc3ccccc3n2[C@H]1c1ccccc1C. The van der Waals surface area contributed by atoms with E-state index in [0.29, 0.717) is 12.2 Å². The smallest absolute Gasteiger partial charge is 0.338 e. The molecule has 0 amide bonds. The highest BCUT2D eigenvalue weighted by Crippen LogP contribution is 2.40. The van der Waals surface area contributed by atoms with Gasteiger partial charge in [0, 0.05) is 5.70 Å². The van der Waals surface area contributed by atoms with Crippen LogP contribution in [0.4, 0.5) is 5.95 Å². The molecule has 0 saturated carbocycles. The molecular weight excluding hydrogens is 326 g/mol. The van der Waals surface area contributed by atoms with Crippen LogP contribution in [-0.2, 0) is 9.53 Å². The van der Waals surface area contributed by atoms with Gasteiger partial charge in [0.25, 0.3) is 0 Å². The Morgan fingerprint density at radius 3 is 2.65 bits per heavy atom. The fraction of sp³-hybridized carbons (Fsp3) is 0.238. The summed E-state index contributed by atoms with van der Waals surface area (Å²) in [7, 11) is 0. The molecule has 0 aliphatic carbocycles. The molecule has 4 rings (SSSR count). The Balaban J connectivity index is 2.01. The lowest BCUT2D eigenvalue weighted by Gasteiger charge is -2.31. The summed E-state index contributed by atoms with van der Waals surface area (Å²) in [5, 5.41) is 3.29. The number of hydrogen-bond acceptors (Lipinski definition) is 4. The monoisotopic (exact) mass is 347 g/mol. The number of allylic oxidation sites excluding steroid dienone is 1. The van der Waals surface area contributed by atoms with Crippen molar-refractivity contribution in [3.8, 4) is 0 Å². The number of rotatable bonds is 3. The summed E-state index contributed by atoms with van der Waals surface area (Å²) in [4.78, 5) is 17.5. The normalized spacial score (nSPS) is 16.3. The number of aromatic nitrogens is 2. The van der Waals surface area contributed by atoms with Crippen molar-refractivity contribution in [3.63, 3.8) is 0 Å². The molecule has 2 heterocycles. The van der Waals surface area contributed by atoms with Crippen molar-refractivity contribution < 1.29 is 9.53 Å². The van der Waals surface area contributed by atoms with Gasteiger partial charge in [-0.1, -0.05) is 36.4 Å². The molecule has 1 aliphatic rings. The number of fused-ring (bicyclic) bond motifs is 3. The highest BCUT2D eigenvalue weighted by Gasteiger charge is 2.35. The third-order valence-corrected chi connectivity index (χ3v) is 4.81. The molecule has 5 heteroatoms. The maximum Gasteiger partial charge on any atom is 0.338 e. The van der Waals surface area contributed by atoms with Crippen molar-refractivity contribution in [1.82, 2.24) is 9.55 Å². The minimum atomic E-state index is -0.297. The van der Waals surface area contributed by atoms with Gasteiger partial charge in [-0.05, 0) is 44.0 Å². The van der Waals surface area contributed by atoms with Crippen LogP contribution in [0.2, 0.25) is 0 Å². The first-order chi connectivity index (χ1) is 12.6. The summed E-state index contributed by atoms with van der Waals surface area (Å²) in [6.45, 7) is 6.13. The van der Waals surface area contributed by atoms with E-state index < -0.39 is 0 Å². The Bertz CT molecular complexity index is 1030.